The van der Waals surface area contributed by atoms with E-state index in [1.165, 1.54) is 5.56 Å². The maximum Gasteiger partial charge on any atom is 0.137 e. The maximum atomic E-state index is 6.12. The Labute approximate surface area is 182 Å². The van der Waals surface area contributed by atoms with E-state index in [0.717, 1.165) is 47.2 Å². The summed E-state index contributed by atoms with van der Waals surface area (Å²) in [6.45, 7) is 4.64. The molecule has 6 nitrogen and oxygen atoms in total. The molecule has 4 aromatic rings. The van der Waals surface area contributed by atoms with Gasteiger partial charge in [-0.2, -0.15) is 0 Å². The number of anilines is 1. The minimum Gasteiger partial charge on any atom is -0.497 e. The second kappa shape index (κ2) is 9.10. The Bertz CT molecular complexity index is 1170. The number of nitrogen functional groups attached to an aromatic ring is 1. The molecule has 0 atom stereocenters. The monoisotopic (exact) mass is 416 g/mol. The second-order valence-corrected chi connectivity index (χ2v) is 7.45. The number of imidazole rings is 1. The average Bonchev–Trinajstić information content (AvgIpc) is 3.16. The van der Waals surface area contributed by atoms with Gasteiger partial charge in [0.1, 0.15) is 17.1 Å². The second-order valence-electron chi connectivity index (χ2n) is 7.45. The lowest BCUT2D eigenvalue weighted by Gasteiger charge is -2.21. The van der Waals surface area contributed by atoms with E-state index in [2.05, 4.69) is 40.5 Å². The summed E-state index contributed by atoms with van der Waals surface area (Å²) in [6, 6.07) is 20.1. The van der Waals surface area contributed by atoms with E-state index < -0.39 is 0 Å². The van der Waals surface area contributed by atoms with E-state index in [4.69, 9.17) is 20.2 Å². The van der Waals surface area contributed by atoms with Gasteiger partial charge in [-0.15, -0.1) is 0 Å². The number of benzene rings is 2. The molecule has 0 saturated carbocycles. The number of methoxy groups -OCH3 is 2. The van der Waals surface area contributed by atoms with Crippen LogP contribution in [0.3, 0.4) is 0 Å². The van der Waals surface area contributed by atoms with E-state index in [1.807, 2.05) is 42.6 Å². The maximum absolute atomic E-state index is 6.12. The molecule has 0 fully saturated rings. The van der Waals surface area contributed by atoms with Crippen LogP contribution in [0.15, 0.2) is 66.9 Å². The molecule has 0 unspecified atom stereocenters. The number of nitrogens with two attached hydrogens (primary N) is 1. The topological polar surface area (TPSA) is 65.0 Å². The van der Waals surface area contributed by atoms with Crippen molar-refractivity contribution in [3.8, 4) is 22.8 Å². The molecule has 2 heterocycles. The molecular formula is C25H28N4O2. The van der Waals surface area contributed by atoms with Crippen molar-refractivity contribution in [2.45, 2.75) is 20.0 Å². The van der Waals surface area contributed by atoms with Gasteiger partial charge in [-0.3, -0.25) is 4.90 Å². The van der Waals surface area contributed by atoms with E-state index in [1.54, 1.807) is 14.2 Å². The quantitative estimate of drug-likeness (QED) is 0.454. The predicted octanol–water partition coefficient (Wildman–Crippen LogP) is 4.62. The van der Waals surface area contributed by atoms with Crippen LogP contribution in [0.2, 0.25) is 0 Å². The number of hydrogen-bond acceptors (Lipinski definition) is 5. The van der Waals surface area contributed by atoms with Crippen molar-refractivity contribution in [1.82, 2.24) is 14.3 Å². The Morgan fingerprint density at radius 1 is 0.968 bits per heavy atom. The summed E-state index contributed by atoms with van der Waals surface area (Å²) in [6.07, 6.45) is 1.93. The number of aromatic nitrogens is 2. The largest absolute Gasteiger partial charge is 0.497 e. The van der Waals surface area contributed by atoms with Crippen molar-refractivity contribution >= 4 is 11.3 Å². The third-order valence-electron chi connectivity index (χ3n) is 5.47. The molecule has 4 rings (SSSR count). The SMILES string of the molecule is CCN(Cc1ccccc1)Cc1c(-c2cc(OC)ccc2OC)nc2ccc(N)cn12. The summed E-state index contributed by atoms with van der Waals surface area (Å²) in [5, 5.41) is 0. The van der Waals surface area contributed by atoms with Crippen LogP contribution in [-0.2, 0) is 13.1 Å². The average molecular weight is 417 g/mol. The van der Waals surface area contributed by atoms with Gasteiger partial charge in [0.15, 0.2) is 0 Å². The summed E-state index contributed by atoms with van der Waals surface area (Å²) in [4.78, 5) is 7.33. The smallest absolute Gasteiger partial charge is 0.137 e. The molecular weight excluding hydrogens is 388 g/mol. The van der Waals surface area contributed by atoms with Crippen LogP contribution < -0.4 is 15.2 Å². The first kappa shape index (κ1) is 20.8. The first-order valence-corrected chi connectivity index (χ1v) is 10.4. The zero-order valence-electron chi connectivity index (χ0n) is 18.2. The van der Waals surface area contributed by atoms with Gasteiger partial charge in [0.25, 0.3) is 0 Å². The van der Waals surface area contributed by atoms with Crippen molar-refractivity contribution in [1.29, 1.82) is 0 Å². The fraction of sp³-hybridized carbons (Fsp3) is 0.240. The molecule has 2 aromatic carbocycles. The molecule has 6 heteroatoms. The van der Waals surface area contributed by atoms with Crippen LogP contribution >= 0.6 is 0 Å². The van der Waals surface area contributed by atoms with Crippen LogP contribution in [0.4, 0.5) is 5.69 Å². The van der Waals surface area contributed by atoms with Crippen LogP contribution in [0.5, 0.6) is 11.5 Å². The Kier molecular flexibility index (Phi) is 6.09. The molecule has 0 aliphatic carbocycles. The highest BCUT2D eigenvalue weighted by molar-refractivity contribution is 5.74. The molecule has 2 aromatic heterocycles. The van der Waals surface area contributed by atoms with Gasteiger partial charge in [-0.05, 0) is 42.4 Å². The van der Waals surface area contributed by atoms with E-state index in [9.17, 15) is 0 Å². The van der Waals surface area contributed by atoms with Crippen LogP contribution in [0, 0.1) is 0 Å². The predicted molar refractivity (Wildman–Crippen MR) is 124 cm³/mol. The summed E-state index contributed by atoms with van der Waals surface area (Å²) in [5.41, 5.74) is 11.8. The minimum absolute atomic E-state index is 0.696. The number of pyridine rings is 1. The number of hydrogen-bond donors (Lipinski definition) is 1. The van der Waals surface area contributed by atoms with Gasteiger partial charge in [-0.25, -0.2) is 4.98 Å². The van der Waals surface area contributed by atoms with Crippen molar-refractivity contribution in [2.75, 3.05) is 26.5 Å². The van der Waals surface area contributed by atoms with E-state index >= 15 is 0 Å². The highest BCUT2D eigenvalue weighted by Gasteiger charge is 2.20. The molecule has 0 saturated heterocycles. The molecule has 0 radical (unpaired) electrons. The Balaban J connectivity index is 1.83. The Morgan fingerprint density at radius 3 is 2.48 bits per heavy atom. The highest BCUT2D eigenvalue weighted by atomic mass is 16.5. The molecule has 0 aliphatic rings. The third-order valence-corrected chi connectivity index (χ3v) is 5.47. The van der Waals surface area contributed by atoms with E-state index in [-0.39, 0.29) is 0 Å². The summed E-state index contributed by atoms with van der Waals surface area (Å²) in [5.74, 6) is 1.51. The van der Waals surface area contributed by atoms with Crippen molar-refractivity contribution in [3.05, 3.63) is 78.1 Å². The van der Waals surface area contributed by atoms with Gasteiger partial charge in [0, 0.05) is 30.5 Å². The molecule has 0 aliphatic heterocycles. The van der Waals surface area contributed by atoms with Gasteiger partial charge in [0.05, 0.1) is 25.6 Å². The Hall–Kier alpha value is -3.51. The summed E-state index contributed by atoms with van der Waals surface area (Å²) >= 11 is 0. The van der Waals surface area contributed by atoms with Crippen molar-refractivity contribution in [2.24, 2.45) is 0 Å². The number of fused-ring (bicyclic) bond motifs is 1. The number of ether oxygens (including phenoxy) is 2. The van der Waals surface area contributed by atoms with Gasteiger partial charge >= 0.3 is 0 Å². The molecule has 31 heavy (non-hydrogen) atoms. The number of rotatable bonds is 8. The fourth-order valence-corrected chi connectivity index (χ4v) is 3.81. The first-order valence-electron chi connectivity index (χ1n) is 10.4. The standard InChI is InChI=1S/C25H28N4O2/c1-4-28(15-18-8-6-5-7-9-18)17-22-25(27-24-13-10-19(26)16-29(22)24)21-14-20(30-2)11-12-23(21)31-3/h5-14,16H,4,15,17,26H2,1-3H3. The lowest BCUT2D eigenvalue weighted by Crippen LogP contribution is -2.23. The highest BCUT2D eigenvalue weighted by Crippen LogP contribution is 2.36. The van der Waals surface area contributed by atoms with E-state index in [0.29, 0.717) is 12.2 Å². The third kappa shape index (κ3) is 4.34. The van der Waals surface area contributed by atoms with Crippen LogP contribution in [-0.4, -0.2) is 35.0 Å². The number of nitrogens with zero attached hydrogens (tertiary/aromatic N) is 3. The fourth-order valence-electron chi connectivity index (χ4n) is 3.81. The molecule has 0 spiro atoms. The summed E-state index contributed by atoms with van der Waals surface area (Å²) < 4.78 is 13.2. The zero-order chi connectivity index (χ0) is 21.8. The first-order chi connectivity index (χ1) is 15.1. The summed E-state index contributed by atoms with van der Waals surface area (Å²) in [7, 11) is 3.34. The molecule has 2 N–H and O–H groups in total. The van der Waals surface area contributed by atoms with Crippen LogP contribution in [0.25, 0.3) is 16.9 Å². The molecule has 0 amide bonds. The van der Waals surface area contributed by atoms with Gasteiger partial charge in [-0.1, -0.05) is 37.3 Å². The minimum atomic E-state index is 0.696. The normalized spacial score (nSPS) is 11.2. The van der Waals surface area contributed by atoms with Crippen molar-refractivity contribution < 1.29 is 9.47 Å². The molecule has 160 valence electrons. The van der Waals surface area contributed by atoms with Gasteiger partial charge < -0.3 is 19.6 Å². The zero-order valence-corrected chi connectivity index (χ0v) is 18.2. The lowest BCUT2D eigenvalue weighted by molar-refractivity contribution is 0.268. The van der Waals surface area contributed by atoms with Crippen molar-refractivity contribution in [3.63, 3.8) is 0 Å². The molecule has 0 bridgehead atoms. The van der Waals surface area contributed by atoms with Gasteiger partial charge in [0.2, 0.25) is 0 Å². The lowest BCUT2D eigenvalue weighted by atomic mass is 10.1. The Morgan fingerprint density at radius 2 is 1.77 bits per heavy atom. The van der Waals surface area contributed by atoms with Crippen LogP contribution in [0.1, 0.15) is 18.2 Å².